The molecule has 0 aliphatic carbocycles. The van der Waals surface area contributed by atoms with Crippen LogP contribution in [0.3, 0.4) is 0 Å². The van der Waals surface area contributed by atoms with Crippen LogP contribution in [0.4, 0.5) is 4.39 Å². The molecule has 1 aromatic carbocycles. The normalized spacial score (nSPS) is 16.9. The van der Waals surface area contributed by atoms with Gasteiger partial charge < -0.3 is 4.90 Å². The van der Waals surface area contributed by atoms with E-state index in [0.717, 1.165) is 50.5 Å². The monoisotopic (exact) mass is 379 g/mol. The van der Waals surface area contributed by atoms with Crippen LogP contribution in [-0.2, 0) is 6.42 Å². The Bertz CT molecular complexity index is 887. The molecule has 3 heterocycles. The molecule has 0 bridgehead atoms. The van der Waals surface area contributed by atoms with E-state index in [1.54, 1.807) is 12.3 Å². The van der Waals surface area contributed by atoms with Crippen LogP contribution in [0.2, 0.25) is 0 Å². The molecular formula is C22H26FN5. The predicted octanol–water partition coefficient (Wildman–Crippen LogP) is 3.20. The Morgan fingerprint density at radius 3 is 2.54 bits per heavy atom. The summed E-state index contributed by atoms with van der Waals surface area (Å²) in [6, 6.07) is 15.4. The molecule has 0 saturated carbocycles. The molecule has 1 unspecified atom stereocenters. The summed E-state index contributed by atoms with van der Waals surface area (Å²) in [4.78, 5) is 9.14. The van der Waals surface area contributed by atoms with Gasteiger partial charge in [-0.2, -0.15) is 5.10 Å². The number of pyridine rings is 1. The van der Waals surface area contributed by atoms with Crippen molar-refractivity contribution in [3.63, 3.8) is 0 Å². The van der Waals surface area contributed by atoms with Crippen LogP contribution in [0.5, 0.6) is 0 Å². The minimum Gasteiger partial charge on any atom is -0.300 e. The van der Waals surface area contributed by atoms with Gasteiger partial charge in [0.1, 0.15) is 5.82 Å². The first-order chi connectivity index (χ1) is 13.7. The zero-order chi connectivity index (χ0) is 19.3. The molecular weight excluding hydrogens is 353 g/mol. The lowest BCUT2D eigenvalue weighted by atomic mass is 10.0. The first-order valence-electron chi connectivity index (χ1n) is 9.83. The largest absolute Gasteiger partial charge is 0.300 e. The summed E-state index contributed by atoms with van der Waals surface area (Å²) >= 11 is 0. The van der Waals surface area contributed by atoms with Crippen LogP contribution in [0.15, 0.2) is 54.7 Å². The Balaban J connectivity index is 1.45. The number of hydrogen-bond acceptors (Lipinski definition) is 4. The Labute approximate surface area is 165 Å². The van der Waals surface area contributed by atoms with E-state index in [2.05, 4.69) is 55.3 Å². The number of piperazine rings is 1. The van der Waals surface area contributed by atoms with Crippen molar-refractivity contribution in [2.75, 3.05) is 32.7 Å². The molecule has 5 nitrogen and oxygen atoms in total. The predicted molar refractivity (Wildman–Crippen MR) is 108 cm³/mol. The highest BCUT2D eigenvalue weighted by atomic mass is 19.1. The zero-order valence-corrected chi connectivity index (χ0v) is 16.2. The third kappa shape index (κ3) is 4.29. The van der Waals surface area contributed by atoms with Gasteiger partial charge in [0.25, 0.3) is 0 Å². The van der Waals surface area contributed by atoms with Crippen LogP contribution in [-0.4, -0.2) is 57.7 Å². The Kier molecular flexibility index (Phi) is 5.78. The van der Waals surface area contributed by atoms with Crippen LogP contribution in [0, 0.1) is 12.7 Å². The lowest BCUT2D eigenvalue weighted by Gasteiger charge is -2.38. The summed E-state index contributed by atoms with van der Waals surface area (Å²) in [6.45, 7) is 6.65. The molecule has 6 heteroatoms. The topological polar surface area (TPSA) is 48.1 Å². The van der Waals surface area contributed by atoms with Crippen molar-refractivity contribution in [2.45, 2.75) is 19.4 Å². The summed E-state index contributed by atoms with van der Waals surface area (Å²) in [5.74, 6) is -0.272. The Morgan fingerprint density at radius 1 is 1.07 bits per heavy atom. The molecule has 0 amide bonds. The number of halogens is 1. The average Bonchev–Trinajstić information content (AvgIpc) is 3.16. The van der Waals surface area contributed by atoms with E-state index in [4.69, 9.17) is 0 Å². The summed E-state index contributed by atoms with van der Waals surface area (Å²) in [5.41, 5.74) is 3.63. The Morgan fingerprint density at radius 2 is 1.86 bits per heavy atom. The second-order valence-electron chi connectivity index (χ2n) is 7.35. The number of nitrogens with one attached hydrogen (secondary N) is 1. The van der Waals surface area contributed by atoms with Crippen LogP contribution in [0.1, 0.15) is 28.7 Å². The van der Waals surface area contributed by atoms with Gasteiger partial charge in [-0.25, -0.2) is 4.39 Å². The first-order valence-corrected chi connectivity index (χ1v) is 9.83. The summed E-state index contributed by atoms with van der Waals surface area (Å²) in [5, 5.41) is 7.33. The van der Waals surface area contributed by atoms with E-state index in [0.29, 0.717) is 5.69 Å². The maximum atomic E-state index is 14.5. The average molecular weight is 379 g/mol. The van der Waals surface area contributed by atoms with Crippen molar-refractivity contribution in [1.29, 1.82) is 0 Å². The maximum Gasteiger partial charge on any atom is 0.146 e. The molecule has 0 radical (unpaired) electrons. The smallest absolute Gasteiger partial charge is 0.146 e. The lowest BCUT2D eigenvalue weighted by molar-refractivity contribution is 0.106. The third-order valence-corrected chi connectivity index (χ3v) is 5.40. The molecule has 1 aliphatic rings. The highest BCUT2D eigenvalue weighted by Crippen LogP contribution is 2.29. The summed E-state index contributed by atoms with van der Waals surface area (Å²) < 4.78 is 14.5. The Hall–Kier alpha value is -2.57. The van der Waals surface area contributed by atoms with E-state index in [-0.39, 0.29) is 11.9 Å². The molecule has 146 valence electrons. The second-order valence-corrected chi connectivity index (χ2v) is 7.35. The number of aryl methyl sites for hydroxylation is 1. The molecule has 1 saturated heterocycles. The fourth-order valence-corrected chi connectivity index (χ4v) is 3.88. The van der Waals surface area contributed by atoms with Gasteiger partial charge in [-0.15, -0.1) is 0 Å². The van der Waals surface area contributed by atoms with E-state index in [9.17, 15) is 4.39 Å². The van der Waals surface area contributed by atoms with E-state index in [1.807, 2.05) is 13.0 Å². The van der Waals surface area contributed by atoms with Gasteiger partial charge in [0.05, 0.1) is 23.1 Å². The van der Waals surface area contributed by atoms with Crippen molar-refractivity contribution in [3.8, 4) is 0 Å². The number of rotatable bonds is 6. The molecule has 1 aliphatic heterocycles. The fourth-order valence-electron chi connectivity index (χ4n) is 3.88. The van der Waals surface area contributed by atoms with Crippen molar-refractivity contribution < 1.29 is 4.39 Å². The van der Waals surface area contributed by atoms with Gasteiger partial charge in [-0.05, 0) is 37.1 Å². The van der Waals surface area contributed by atoms with Gasteiger partial charge in [0.15, 0.2) is 0 Å². The van der Waals surface area contributed by atoms with Crippen LogP contribution in [0.25, 0.3) is 0 Å². The highest BCUT2D eigenvalue weighted by molar-refractivity contribution is 5.24. The molecule has 2 aromatic heterocycles. The molecule has 1 atom stereocenters. The van der Waals surface area contributed by atoms with E-state index in [1.165, 1.54) is 11.6 Å². The van der Waals surface area contributed by atoms with Crippen molar-refractivity contribution in [3.05, 3.63) is 83.2 Å². The van der Waals surface area contributed by atoms with E-state index < -0.39 is 0 Å². The van der Waals surface area contributed by atoms with Gasteiger partial charge >= 0.3 is 0 Å². The zero-order valence-electron chi connectivity index (χ0n) is 16.2. The molecule has 1 fully saturated rings. The SMILES string of the molecule is Cc1cc(C(c2ncccc2F)N2CCN(CCc3ccccc3)CC2)[nH]n1. The fraction of sp³-hybridized carbons (Fsp3) is 0.364. The number of benzene rings is 1. The molecule has 4 rings (SSSR count). The van der Waals surface area contributed by atoms with E-state index >= 15 is 0 Å². The molecule has 1 N–H and O–H groups in total. The first kappa shape index (κ1) is 18.8. The number of nitrogens with zero attached hydrogens (tertiary/aromatic N) is 4. The van der Waals surface area contributed by atoms with Gasteiger partial charge in [-0.1, -0.05) is 30.3 Å². The standard InChI is InChI=1S/C22H26FN5/c1-17-16-20(26-25-17)22(21-19(23)8-5-10-24-21)28-14-12-27(13-15-28)11-9-18-6-3-2-4-7-18/h2-8,10,16,22H,9,11-15H2,1H3,(H,25,26). The maximum absolute atomic E-state index is 14.5. The minimum atomic E-state index is -0.272. The number of hydrogen-bond donors (Lipinski definition) is 1. The minimum absolute atomic E-state index is 0.237. The second kappa shape index (κ2) is 8.63. The number of aromatic amines is 1. The molecule has 28 heavy (non-hydrogen) atoms. The lowest BCUT2D eigenvalue weighted by Crippen LogP contribution is -2.48. The third-order valence-electron chi connectivity index (χ3n) is 5.40. The highest BCUT2D eigenvalue weighted by Gasteiger charge is 2.30. The van der Waals surface area contributed by atoms with Gasteiger partial charge in [0.2, 0.25) is 0 Å². The quantitative estimate of drug-likeness (QED) is 0.715. The van der Waals surface area contributed by atoms with Crippen molar-refractivity contribution in [1.82, 2.24) is 25.0 Å². The van der Waals surface area contributed by atoms with Crippen LogP contribution >= 0.6 is 0 Å². The van der Waals surface area contributed by atoms with Crippen molar-refractivity contribution >= 4 is 0 Å². The molecule has 3 aromatic rings. The van der Waals surface area contributed by atoms with Gasteiger partial charge in [-0.3, -0.25) is 15.0 Å². The van der Waals surface area contributed by atoms with Crippen LogP contribution < -0.4 is 0 Å². The van der Waals surface area contributed by atoms with Gasteiger partial charge in [0, 0.05) is 38.9 Å². The summed E-state index contributed by atoms with van der Waals surface area (Å²) in [7, 11) is 0. The number of aromatic nitrogens is 3. The molecule has 0 spiro atoms. The van der Waals surface area contributed by atoms with Crippen molar-refractivity contribution in [2.24, 2.45) is 0 Å². The summed E-state index contributed by atoms with van der Waals surface area (Å²) in [6.07, 6.45) is 2.71. The number of H-pyrrole nitrogens is 1.